The third-order valence-corrected chi connectivity index (χ3v) is 15.9. The van der Waals surface area contributed by atoms with E-state index in [1.165, 1.54) is 66.4 Å². The van der Waals surface area contributed by atoms with Crippen molar-refractivity contribution in [2.45, 2.75) is 5.41 Å². The molecule has 12 aromatic carbocycles. The second kappa shape index (κ2) is 17.6. The van der Waals surface area contributed by atoms with Crippen LogP contribution in [0.5, 0.6) is 0 Å². The molecule has 0 spiro atoms. The fourth-order valence-electron chi connectivity index (χ4n) is 12.5. The van der Waals surface area contributed by atoms with Crippen LogP contribution in [0.3, 0.4) is 0 Å². The largest absolute Gasteiger partial charge is 0.455 e. The number of hydrogen-bond donors (Lipinski definition) is 0. The van der Waals surface area contributed by atoms with Gasteiger partial charge in [0.1, 0.15) is 11.2 Å². The monoisotopic (exact) mass is 968 g/mol. The second-order valence-corrected chi connectivity index (χ2v) is 19.9. The van der Waals surface area contributed by atoms with Crippen molar-refractivity contribution in [2.24, 2.45) is 0 Å². The molecule has 0 bridgehead atoms. The lowest BCUT2D eigenvalue weighted by atomic mass is 9.67. The van der Waals surface area contributed by atoms with Crippen LogP contribution in [0.1, 0.15) is 22.3 Å². The SMILES string of the molecule is c1ccc(-c2ccc(N(c3ccc(-c4cc5c6ccccc6n(-c6ccc(-c7ccccc7)cc6)c5c5c4oc4ccccc45)cc3)c3ccc4c(c3)C(c3ccccc3)(c3ccccc3)c3ccccc3-4)cc2)cc1. The summed E-state index contributed by atoms with van der Waals surface area (Å²) in [7, 11) is 0. The van der Waals surface area contributed by atoms with Crippen LogP contribution in [0.15, 0.2) is 296 Å². The summed E-state index contributed by atoms with van der Waals surface area (Å²) in [6.45, 7) is 0. The highest BCUT2D eigenvalue weighted by atomic mass is 16.3. The van der Waals surface area contributed by atoms with Crippen LogP contribution in [0.2, 0.25) is 0 Å². The molecule has 2 heterocycles. The van der Waals surface area contributed by atoms with Crippen molar-refractivity contribution in [3.05, 3.63) is 313 Å². The van der Waals surface area contributed by atoms with Gasteiger partial charge in [-0.3, -0.25) is 0 Å². The fourth-order valence-corrected chi connectivity index (χ4v) is 12.5. The second-order valence-electron chi connectivity index (χ2n) is 19.9. The number of benzene rings is 12. The van der Waals surface area contributed by atoms with E-state index < -0.39 is 5.41 Å². The minimum Gasteiger partial charge on any atom is -0.455 e. The number of hydrogen-bond acceptors (Lipinski definition) is 2. The first-order chi connectivity index (χ1) is 37.7. The number of fused-ring (bicyclic) bond motifs is 10. The van der Waals surface area contributed by atoms with Gasteiger partial charge in [0.05, 0.1) is 21.8 Å². The smallest absolute Gasteiger partial charge is 0.145 e. The Morgan fingerprint density at radius 3 is 1.46 bits per heavy atom. The molecule has 356 valence electrons. The van der Waals surface area contributed by atoms with Gasteiger partial charge in [-0.05, 0) is 128 Å². The van der Waals surface area contributed by atoms with Gasteiger partial charge in [0, 0.05) is 44.5 Å². The van der Waals surface area contributed by atoms with E-state index in [1.54, 1.807) is 0 Å². The van der Waals surface area contributed by atoms with Gasteiger partial charge in [-0.15, -0.1) is 0 Å². The third kappa shape index (κ3) is 6.76. The Kier molecular flexibility index (Phi) is 10.1. The molecule has 0 amide bonds. The van der Waals surface area contributed by atoms with Crippen LogP contribution >= 0.6 is 0 Å². The summed E-state index contributed by atoms with van der Waals surface area (Å²) in [5.74, 6) is 0. The van der Waals surface area contributed by atoms with Gasteiger partial charge in [-0.25, -0.2) is 0 Å². The molecule has 0 saturated heterocycles. The van der Waals surface area contributed by atoms with E-state index in [2.05, 4.69) is 301 Å². The Morgan fingerprint density at radius 1 is 0.329 bits per heavy atom. The van der Waals surface area contributed by atoms with Crippen LogP contribution in [-0.4, -0.2) is 4.57 Å². The number of rotatable bonds is 9. The maximum atomic E-state index is 7.01. The zero-order valence-corrected chi connectivity index (χ0v) is 41.5. The summed E-state index contributed by atoms with van der Waals surface area (Å²) >= 11 is 0. The molecule has 1 aliphatic rings. The van der Waals surface area contributed by atoms with E-state index in [0.29, 0.717) is 0 Å². The van der Waals surface area contributed by atoms with Crippen LogP contribution in [-0.2, 0) is 5.41 Å². The van der Waals surface area contributed by atoms with Crippen molar-refractivity contribution in [3.63, 3.8) is 0 Å². The average molecular weight is 969 g/mol. The number of anilines is 3. The molecule has 0 saturated carbocycles. The van der Waals surface area contributed by atoms with Crippen molar-refractivity contribution in [2.75, 3.05) is 4.90 Å². The summed E-state index contributed by atoms with van der Waals surface area (Å²) in [4.78, 5) is 2.42. The van der Waals surface area contributed by atoms with Gasteiger partial charge in [-0.2, -0.15) is 0 Å². The quantitative estimate of drug-likeness (QED) is 0.144. The highest BCUT2D eigenvalue weighted by Crippen LogP contribution is 2.57. The van der Waals surface area contributed by atoms with E-state index in [9.17, 15) is 0 Å². The van der Waals surface area contributed by atoms with Gasteiger partial charge >= 0.3 is 0 Å². The lowest BCUT2D eigenvalue weighted by Crippen LogP contribution is -2.28. The van der Waals surface area contributed by atoms with E-state index in [0.717, 1.165) is 66.8 Å². The predicted molar refractivity (Wildman–Crippen MR) is 316 cm³/mol. The van der Waals surface area contributed by atoms with Gasteiger partial charge in [-0.1, -0.05) is 224 Å². The Morgan fingerprint density at radius 2 is 0.816 bits per heavy atom. The highest BCUT2D eigenvalue weighted by Gasteiger charge is 2.46. The van der Waals surface area contributed by atoms with Crippen molar-refractivity contribution >= 4 is 60.8 Å². The Bertz CT molecular complexity index is 4420. The summed E-state index contributed by atoms with van der Waals surface area (Å²) in [6, 6.07) is 106. The summed E-state index contributed by atoms with van der Waals surface area (Å²) in [6.07, 6.45) is 0. The number of furan rings is 1. The summed E-state index contributed by atoms with van der Waals surface area (Å²) < 4.78 is 9.44. The first-order valence-corrected chi connectivity index (χ1v) is 26.2. The van der Waals surface area contributed by atoms with Crippen molar-refractivity contribution in [3.8, 4) is 50.2 Å². The molecule has 0 fully saturated rings. The van der Waals surface area contributed by atoms with E-state index in [1.807, 2.05) is 0 Å². The molecule has 0 N–H and O–H groups in total. The zero-order valence-electron chi connectivity index (χ0n) is 41.5. The standard InChI is InChI=1S/C73H48N2O/c1-5-19-49(20-6-1)51-33-39-56(40-34-51)74(59-45-46-61-60-27-13-16-30-66(60)73(67(61)47-59,54-23-9-3-10-24-54)55-25-11-4-12-26-55)57-43-37-53(38-44-57)64-48-65-62-28-14-17-31-68(62)75(58-41-35-52(36-42-58)50-21-7-2-8-22-50)71(65)70-63-29-15-18-32-69(63)76-72(64)70/h1-48H. The highest BCUT2D eigenvalue weighted by molar-refractivity contribution is 6.27. The first kappa shape index (κ1) is 43.6. The van der Waals surface area contributed by atoms with E-state index in [-0.39, 0.29) is 0 Å². The molecule has 1 aliphatic carbocycles. The number of aromatic nitrogens is 1. The normalized spacial score (nSPS) is 12.6. The summed E-state index contributed by atoms with van der Waals surface area (Å²) in [5, 5.41) is 4.58. The van der Waals surface area contributed by atoms with E-state index >= 15 is 0 Å². The van der Waals surface area contributed by atoms with Crippen LogP contribution in [0.4, 0.5) is 17.1 Å². The number of para-hydroxylation sites is 2. The zero-order chi connectivity index (χ0) is 50.2. The maximum Gasteiger partial charge on any atom is 0.145 e. The molecular weight excluding hydrogens is 921 g/mol. The lowest BCUT2D eigenvalue weighted by Gasteiger charge is -2.35. The third-order valence-electron chi connectivity index (χ3n) is 15.9. The lowest BCUT2D eigenvalue weighted by molar-refractivity contribution is 0.670. The molecule has 0 unspecified atom stereocenters. The Balaban J connectivity index is 0.916. The van der Waals surface area contributed by atoms with Crippen molar-refractivity contribution in [1.29, 1.82) is 0 Å². The molecule has 76 heavy (non-hydrogen) atoms. The molecule has 15 rings (SSSR count). The Hall–Kier alpha value is -9.96. The molecule has 3 nitrogen and oxygen atoms in total. The van der Waals surface area contributed by atoms with Crippen LogP contribution < -0.4 is 4.90 Å². The Labute approximate surface area is 441 Å². The minimum absolute atomic E-state index is 0.539. The van der Waals surface area contributed by atoms with Gasteiger partial charge in [0.2, 0.25) is 0 Å². The molecule has 3 heteroatoms. The van der Waals surface area contributed by atoms with E-state index in [4.69, 9.17) is 4.42 Å². The average Bonchev–Trinajstić information content (AvgIpc) is 4.32. The van der Waals surface area contributed by atoms with Gasteiger partial charge in [0.25, 0.3) is 0 Å². The minimum atomic E-state index is -0.539. The molecule has 0 atom stereocenters. The molecule has 14 aromatic rings. The topological polar surface area (TPSA) is 21.3 Å². The van der Waals surface area contributed by atoms with Crippen LogP contribution in [0, 0.1) is 0 Å². The molecule has 0 aliphatic heterocycles. The number of nitrogens with zero attached hydrogens (tertiary/aromatic N) is 2. The molecular formula is C73H48N2O. The molecule has 2 aromatic heterocycles. The predicted octanol–water partition coefficient (Wildman–Crippen LogP) is 19.5. The first-order valence-electron chi connectivity index (χ1n) is 26.2. The summed E-state index contributed by atoms with van der Waals surface area (Å²) in [5.41, 5.74) is 22.2. The fraction of sp³-hybridized carbons (Fsp3) is 0.0137. The molecule has 0 radical (unpaired) electrons. The van der Waals surface area contributed by atoms with Crippen LogP contribution in [0.25, 0.3) is 93.9 Å². The van der Waals surface area contributed by atoms with Gasteiger partial charge < -0.3 is 13.9 Å². The van der Waals surface area contributed by atoms with Crippen molar-refractivity contribution in [1.82, 2.24) is 4.57 Å². The maximum absolute atomic E-state index is 7.01. The van der Waals surface area contributed by atoms with Crippen molar-refractivity contribution < 1.29 is 4.42 Å². The van der Waals surface area contributed by atoms with Gasteiger partial charge in [0.15, 0.2) is 0 Å².